The van der Waals surface area contributed by atoms with Gasteiger partial charge in [-0.05, 0) is 5.56 Å². The van der Waals surface area contributed by atoms with Crippen molar-refractivity contribution in [3.8, 4) is 0 Å². The normalized spacial score (nSPS) is 19.8. The van der Waals surface area contributed by atoms with E-state index in [4.69, 9.17) is 5.73 Å². The van der Waals surface area contributed by atoms with Crippen molar-refractivity contribution < 1.29 is 8.42 Å². The predicted molar refractivity (Wildman–Crippen MR) is 73.4 cm³/mol. The minimum Gasteiger partial charge on any atom is -0.396 e. The van der Waals surface area contributed by atoms with Crippen LogP contribution in [0.1, 0.15) is 11.6 Å². The lowest BCUT2D eigenvalue weighted by Gasteiger charge is -2.33. The van der Waals surface area contributed by atoms with Crippen LogP contribution in [-0.4, -0.2) is 29.7 Å². The summed E-state index contributed by atoms with van der Waals surface area (Å²) >= 11 is 0. The Labute approximate surface area is 112 Å². The first kappa shape index (κ1) is 12.2. The maximum absolute atomic E-state index is 11.4. The van der Waals surface area contributed by atoms with Gasteiger partial charge in [-0.1, -0.05) is 30.3 Å². The number of benzene rings is 1. The van der Waals surface area contributed by atoms with Crippen LogP contribution in [0, 0.1) is 5.92 Å². The third-order valence-electron chi connectivity index (χ3n) is 3.43. The van der Waals surface area contributed by atoms with E-state index in [9.17, 15) is 8.42 Å². The van der Waals surface area contributed by atoms with Gasteiger partial charge in [-0.3, -0.25) is 4.68 Å². The van der Waals surface area contributed by atoms with Crippen LogP contribution < -0.4 is 5.73 Å². The van der Waals surface area contributed by atoms with Crippen molar-refractivity contribution in [1.82, 2.24) is 9.78 Å². The maximum atomic E-state index is 11.4. The first-order chi connectivity index (χ1) is 9.05. The number of aromatic nitrogens is 2. The molecule has 100 valence electrons. The summed E-state index contributed by atoms with van der Waals surface area (Å²) in [7, 11) is -2.86. The Hall–Kier alpha value is -1.82. The molecule has 1 aliphatic rings. The number of anilines is 1. The van der Waals surface area contributed by atoms with Gasteiger partial charge in [-0.15, -0.1) is 0 Å². The molecule has 1 aromatic carbocycles. The van der Waals surface area contributed by atoms with E-state index >= 15 is 0 Å². The van der Waals surface area contributed by atoms with Gasteiger partial charge in [0.2, 0.25) is 0 Å². The summed E-state index contributed by atoms with van der Waals surface area (Å²) in [6, 6.07) is 9.75. The molecule has 0 saturated carbocycles. The van der Waals surface area contributed by atoms with Crippen molar-refractivity contribution in [2.75, 3.05) is 17.2 Å². The Morgan fingerprint density at radius 1 is 1.26 bits per heavy atom. The van der Waals surface area contributed by atoms with Gasteiger partial charge >= 0.3 is 0 Å². The summed E-state index contributed by atoms with van der Waals surface area (Å²) in [5, 5.41) is 4.24. The Balaban J connectivity index is 1.97. The molecule has 0 radical (unpaired) electrons. The van der Waals surface area contributed by atoms with Crippen LogP contribution in [0.25, 0.3) is 0 Å². The molecule has 19 heavy (non-hydrogen) atoms. The van der Waals surface area contributed by atoms with E-state index in [0.717, 1.165) is 5.56 Å². The van der Waals surface area contributed by atoms with Gasteiger partial charge in [0.15, 0.2) is 9.84 Å². The van der Waals surface area contributed by atoms with E-state index in [0.29, 0.717) is 5.69 Å². The summed E-state index contributed by atoms with van der Waals surface area (Å²) in [5.74, 6) is 0.491. The Kier molecular flexibility index (Phi) is 2.82. The van der Waals surface area contributed by atoms with Crippen molar-refractivity contribution >= 4 is 15.5 Å². The van der Waals surface area contributed by atoms with Crippen LogP contribution in [0.2, 0.25) is 0 Å². The lowest BCUT2D eigenvalue weighted by Crippen LogP contribution is -2.42. The first-order valence-corrected chi connectivity index (χ1v) is 7.92. The molecule has 2 N–H and O–H groups in total. The molecule has 3 rings (SSSR count). The largest absolute Gasteiger partial charge is 0.396 e. The number of sulfone groups is 1. The highest BCUT2D eigenvalue weighted by molar-refractivity contribution is 7.92. The zero-order valence-electron chi connectivity index (χ0n) is 10.3. The van der Waals surface area contributed by atoms with Gasteiger partial charge in [0, 0.05) is 12.1 Å². The average Bonchev–Trinajstić information content (AvgIpc) is 2.75. The molecule has 0 bridgehead atoms. The van der Waals surface area contributed by atoms with Gasteiger partial charge in [-0.25, -0.2) is 8.42 Å². The van der Waals surface area contributed by atoms with Crippen LogP contribution in [0.15, 0.2) is 42.7 Å². The number of hydrogen-bond donors (Lipinski definition) is 1. The summed E-state index contributed by atoms with van der Waals surface area (Å²) in [6.07, 6.45) is 3.34. The molecule has 5 nitrogen and oxygen atoms in total. The molecule has 2 aromatic rings. The molecule has 6 heteroatoms. The monoisotopic (exact) mass is 277 g/mol. The second-order valence-corrected chi connectivity index (χ2v) is 7.10. The van der Waals surface area contributed by atoms with E-state index in [1.807, 2.05) is 30.3 Å². The second-order valence-electron chi connectivity index (χ2n) is 4.95. The predicted octanol–water partition coefficient (Wildman–Crippen LogP) is 1.10. The van der Waals surface area contributed by atoms with E-state index in [2.05, 4.69) is 5.10 Å². The topological polar surface area (TPSA) is 78.0 Å². The van der Waals surface area contributed by atoms with Crippen molar-refractivity contribution in [1.29, 1.82) is 0 Å². The van der Waals surface area contributed by atoms with Gasteiger partial charge in [0.05, 0.1) is 29.4 Å². The molecule has 1 atom stereocenters. The third kappa shape index (κ3) is 2.35. The fourth-order valence-corrected chi connectivity index (χ4v) is 4.15. The van der Waals surface area contributed by atoms with E-state index < -0.39 is 9.84 Å². The van der Waals surface area contributed by atoms with Crippen molar-refractivity contribution in [2.24, 2.45) is 5.92 Å². The quantitative estimate of drug-likeness (QED) is 0.911. The minimum absolute atomic E-state index is 0.0618. The van der Waals surface area contributed by atoms with Crippen LogP contribution in [0.5, 0.6) is 0 Å². The zero-order chi connectivity index (χ0) is 13.5. The Morgan fingerprint density at radius 3 is 2.47 bits per heavy atom. The van der Waals surface area contributed by atoms with Crippen LogP contribution in [0.4, 0.5) is 5.69 Å². The standard InChI is InChI=1S/C13H15N3O2S/c14-12-6-15-16(7-12)13(10-4-2-1-3-5-10)11-8-19(17,18)9-11/h1-7,11,13H,8-9,14H2/t13-/m1/s1. The molecule has 0 unspecified atom stereocenters. The van der Waals surface area contributed by atoms with Crippen LogP contribution in [0.3, 0.4) is 0 Å². The number of rotatable bonds is 3. The molecular formula is C13H15N3O2S. The van der Waals surface area contributed by atoms with Crippen molar-refractivity contribution in [2.45, 2.75) is 6.04 Å². The highest BCUT2D eigenvalue weighted by Crippen LogP contribution is 2.34. The zero-order valence-corrected chi connectivity index (χ0v) is 11.1. The minimum atomic E-state index is -2.86. The van der Waals surface area contributed by atoms with Gasteiger partial charge < -0.3 is 5.73 Å². The lowest BCUT2D eigenvalue weighted by molar-refractivity contribution is 0.378. The Morgan fingerprint density at radius 2 is 1.95 bits per heavy atom. The van der Waals surface area contributed by atoms with E-state index in [1.54, 1.807) is 17.1 Å². The molecule has 1 aliphatic heterocycles. The fraction of sp³-hybridized carbons (Fsp3) is 0.308. The molecule has 1 fully saturated rings. The molecule has 1 aromatic heterocycles. The molecule has 0 aliphatic carbocycles. The second kappa shape index (κ2) is 4.38. The number of hydrogen-bond acceptors (Lipinski definition) is 4. The van der Waals surface area contributed by atoms with Crippen molar-refractivity contribution in [3.63, 3.8) is 0 Å². The number of nitrogen functional groups attached to an aromatic ring is 1. The fourth-order valence-electron chi connectivity index (χ4n) is 2.58. The van der Waals surface area contributed by atoms with Crippen LogP contribution >= 0.6 is 0 Å². The number of nitrogens with zero attached hydrogens (tertiary/aromatic N) is 2. The lowest BCUT2D eigenvalue weighted by atomic mass is 9.95. The highest BCUT2D eigenvalue weighted by Gasteiger charge is 2.40. The summed E-state index contributed by atoms with van der Waals surface area (Å²) in [6.45, 7) is 0. The van der Waals surface area contributed by atoms with E-state index in [-0.39, 0.29) is 23.5 Å². The summed E-state index contributed by atoms with van der Waals surface area (Å²) in [5.41, 5.74) is 7.35. The molecule has 1 saturated heterocycles. The maximum Gasteiger partial charge on any atom is 0.151 e. The first-order valence-electron chi connectivity index (χ1n) is 6.10. The summed E-state index contributed by atoms with van der Waals surface area (Å²) in [4.78, 5) is 0. The highest BCUT2D eigenvalue weighted by atomic mass is 32.2. The molecular weight excluding hydrogens is 262 g/mol. The van der Waals surface area contributed by atoms with Gasteiger partial charge in [0.25, 0.3) is 0 Å². The average molecular weight is 277 g/mol. The third-order valence-corrected chi connectivity index (χ3v) is 5.30. The number of nitrogens with two attached hydrogens (primary N) is 1. The smallest absolute Gasteiger partial charge is 0.151 e. The summed E-state index contributed by atoms with van der Waals surface area (Å²) < 4.78 is 24.6. The molecule has 0 spiro atoms. The van der Waals surface area contributed by atoms with E-state index in [1.165, 1.54) is 0 Å². The van der Waals surface area contributed by atoms with Crippen LogP contribution in [-0.2, 0) is 9.84 Å². The Bertz CT molecular complexity index is 667. The van der Waals surface area contributed by atoms with Gasteiger partial charge in [0.1, 0.15) is 0 Å². The SMILES string of the molecule is Nc1cnn([C@H](c2ccccc2)C2CS(=O)(=O)C2)c1. The van der Waals surface area contributed by atoms with Gasteiger partial charge in [-0.2, -0.15) is 5.10 Å². The van der Waals surface area contributed by atoms with Crippen molar-refractivity contribution in [3.05, 3.63) is 48.3 Å². The molecule has 2 heterocycles. The molecule has 0 amide bonds.